The summed E-state index contributed by atoms with van der Waals surface area (Å²) >= 11 is 1.50. The number of hydrogen-bond donors (Lipinski definition) is 0. The molecule has 5 nitrogen and oxygen atoms in total. The maximum absolute atomic E-state index is 11.7. The van der Waals surface area contributed by atoms with Crippen LogP contribution in [0.1, 0.15) is 13.3 Å². The molecule has 98 valence electrons. The Balaban J connectivity index is 2.16. The van der Waals surface area contributed by atoms with E-state index in [2.05, 4.69) is 0 Å². The lowest BCUT2D eigenvalue weighted by Crippen LogP contribution is -2.31. The summed E-state index contributed by atoms with van der Waals surface area (Å²) in [5.41, 5.74) is 0. The third-order valence-corrected chi connectivity index (χ3v) is 3.67. The second kappa shape index (κ2) is 7.68. The second-order valence-electron chi connectivity index (χ2n) is 3.64. The van der Waals surface area contributed by atoms with Crippen molar-refractivity contribution in [2.75, 3.05) is 39.2 Å². The molecule has 6 heteroatoms. The van der Waals surface area contributed by atoms with E-state index in [1.807, 2.05) is 6.92 Å². The molecule has 0 saturated carbocycles. The van der Waals surface area contributed by atoms with E-state index in [4.69, 9.17) is 9.47 Å². The van der Waals surface area contributed by atoms with Gasteiger partial charge in [0.25, 0.3) is 0 Å². The van der Waals surface area contributed by atoms with Crippen LogP contribution in [0.4, 0.5) is 0 Å². The number of rotatable bonds is 8. The molecule has 1 aliphatic rings. The van der Waals surface area contributed by atoms with Crippen molar-refractivity contribution in [3.8, 4) is 0 Å². The number of carbonyl (C=O) groups excluding carboxylic acids is 2. The summed E-state index contributed by atoms with van der Waals surface area (Å²) in [6.07, 6.45) is 0.329. The maximum atomic E-state index is 11.7. The van der Waals surface area contributed by atoms with E-state index >= 15 is 0 Å². The van der Waals surface area contributed by atoms with Gasteiger partial charge in [0.15, 0.2) is 0 Å². The molecule has 1 rings (SSSR count). The van der Waals surface area contributed by atoms with Crippen LogP contribution >= 0.6 is 11.8 Å². The Morgan fingerprint density at radius 2 is 2.12 bits per heavy atom. The molecule has 0 bridgehead atoms. The normalized spacial score (nSPS) is 20.4. The smallest absolute Gasteiger partial charge is 0.242 e. The number of carbonyl (C=O) groups is 2. The molecule has 1 saturated heterocycles. The molecule has 1 aliphatic heterocycles. The zero-order chi connectivity index (χ0) is 12.7. The molecule has 0 aromatic carbocycles. The van der Waals surface area contributed by atoms with Gasteiger partial charge in [-0.1, -0.05) is 0 Å². The fourth-order valence-corrected chi connectivity index (χ4v) is 2.64. The average molecular weight is 261 g/mol. The predicted molar refractivity (Wildman–Crippen MR) is 66.0 cm³/mol. The summed E-state index contributed by atoms with van der Waals surface area (Å²) in [5.74, 6) is 0.611. The summed E-state index contributed by atoms with van der Waals surface area (Å²) in [5, 5.41) is -0.214. The molecule has 0 aliphatic carbocycles. The van der Waals surface area contributed by atoms with Gasteiger partial charge in [-0.05, 0) is 6.92 Å². The molecule has 1 heterocycles. The molecular formula is C11H19NO4S. The van der Waals surface area contributed by atoms with Gasteiger partial charge < -0.3 is 9.47 Å². The quantitative estimate of drug-likeness (QED) is 0.471. The Morgan fingerprint density at radius 1 is 1.35 bits per heavy atom. The molecule has 2 amide bonds. The Morgan fingerprint density at radius 3 is 2.71 bits per heavy atom. The topological polar surface area (TPSA) is 55.8 Å². The summed E-state index contributed by atoms with van der Waals surface area (Å²) in [6, 6.07) is 0. The first-order valence-corrected chi connectivity index (χ1v) is 6.78. The minimum absolute atomic E-state index is 0.0561. The Labute approximate surface area is 106 Å². The Hall–Kier alpha value is -0.590. The van der Waals surface area contributed by atoms with E-state index in [1.54, 1.807) is 7.11 Å². The van der Waals surface area contributed by atoms with Crippen LogP contribution in [0.25, 0.3) is 0 Å². The van der Waals surface area contributed by atoms with Gasteiger partial charge in [0, 0.05) is 25.8 Å². The van der Waals surface area contributed by atoms with Crippen molar-refractivity contribution in [2.24, 2.45) is 0 Å². The second-order valence-corrected chi connectivity index (χ2v) is 4.96. The minimum Gasteiger partial charge on any atom is -0.382 e. The lowest BCUT2D eigenvalue weighted by Gasteiger charge is -2.11. The van der Waals surface area contributed by atoms with Crippen LogP contribution in [0.2, 0.25) is 0 Å². The Bertz CT molecular complexity index is 272. The Kier molecular flexibility index (Phi) is 6.54. The summed E-state index contributed by atoms with van der Waals surface area (Å²) < 4.78 is 10.1. The molecule has 0 aromatic heterocycles. The number of nitrogens with zero attached hydrogens (tertiary/aromatic N) is 1. The first kappa shape index (κ1) is 14.5. The number of amides is 2. The van der Waals surface area contributed by atoms with Crippen LogP contribution < -0.4 is 0 Å². The summed E-state index contributed by atoms with van der Waals surface area (Å²) in [6.45, 7) is 4.01. The fraction of sp³-hybridized carbons (Fsp3) is 0.818. The lowest BCUT2D eigenvalue weighted by atomic mass is 10.4. The van der Waals surface area contributed by atoms with Gasteiger partial charge in [0.05, 0.1) is 25.1 Å². The maximum Gasteiger partial charge on any atom is 0.242 e. The van der Waals surface area contributed by atoms with Crippen LogP contribution in [0.3, 0.4) is 0 Å². The van der Waals surface area contributed by atoms with Crippen LogP contribution in [-0.2, 0) is 19.1 Å². The average Bonchev–Trinajstić information content (AvgIpc) is 2.58. The third kappa shape index (κ3) is 4.29. The molecule has 0 aromatic rings. The predicted octanol–water partition coefficient (Wildman–Crippen LogP) is 0.530. The minimum atomic E-state index is -0.214. The fourth-order valence-electron chi connectivity index (χ4n) is 1.61. The number of methoxy groups -OCH3 is 1. The molecule has 1 unspecified atom stereocenters. The van der Waals surface area contributed by atoms with Crippen molar-refractivity contribution in [1.29, 1.82) is 0 Å². The number of ether oxygens (including phenoxy) is 2. The summed E-state index contributed by atoms with van der Waals surface area (Å²) in [7, 11) is 1.63. The number of hydrogen-bond acceptors (Lipinski definition) is 5. The van der Waals surface area contributed by atoms with Gasteiger partial charge >= 0.3 is 0 Å². The van der Waals surface area contributed by atoms with Crippen molar-refractivity contribution in [3.63, 3.8) is 0 Å². The van der Waals surface area contributed by atoms with Crippen molar-refractivity contribution < 1.29 is 19.1 Å². The first-order valence-electron chi connectivity index (χ1n) is 5.73. The van der Waals surface area contributed by atoms with E-state index in [0.29, 0.717) is 32.8 Å². The highest BCUT2D eigenvalue weighted by atomic mass is 32.2. The van der Waals surface area contributed by atoms with E-state index in [9.17, 15) is 9.59 Å². The highest BCUT2D eigenvalue weighted by Gasteiger charge is 2.37. The molecule has 1 fully saturated rings. The number of likely N-dealkylation sites (tertiary alicyclic amines) is 1. The van der Waals surface area contributed by atoms with Crippen LogP contribution in [-0.4, -0.2) is 61.2 Å². The van der Waals surface area contributed by atoms with E-state index < -0.39 is 0 Å². The van der Waals surface area contributed by atoms with Gasteiger partial charge in [0.2, 0.25) is 11.8 Å². The number of thioether (sulfide) groups is 1. The van der Waals surface area contributed by atoms with Crippen molar-refractivity contribution in [2.45, 2.75) is 18.6 Å². The van der Waals surface area contributed by atoms with E-state index in [0.717, 1.165) is 5.75 Å². The highest BCUT2D eigenvalue weighted by Crippen LogP contribution is 2.24. The van der Waals surface area contributed by atoms with E-state index in [-0.39, 0.29) is 17.1 Å². The molecule has 17 heavy (non-hydrogen) atoms. The van der Waals surface area contributed by atoms with Gasteiger partial charge in [-0.3, -0.25) is 14.5 Å². The SMILES string of the molecule is CCN1C(=O)CC(SCCOCCOC)C1=O. The van der Waals surface area contributed by atoms with Gasteiger partial charge in [-0.2, -0.15) is 0 Å². The number of imide groups is 1. The lowest BCUT2D eigenvalue weighted by molar-refractivity contribution is -0.137. The van der Waals surface area contributed by atoms with Gasteiger partial charge in [-0.15, -0.1) is 11.8 Å². The molecular weight excluding hydrogens is 242 g/mol. The van der Waals surface area contributed by atoms with E-state index in [1.165, 1.54) is 16.7 Å². The van der Waals surface area contributed by atoms with Crippen LogP contribution in [0.5, 0.6) is 0 Å². The van der Waals surface area contributed by atoms with Crippen LogP contribution in [0, 0.1) is 0 Å². The summed E-state index contributed by atoms with van der Waals surface area (Å²) in [4.78, 5) is 24.5. The van der Waals surface area contributed by atoms with Crippen molar-refractivity contribution in [1.82, 2.24) is 4.90 Å². The highest BCUT2D eigenvalue weighted by molar-refractivity contribution is 8.00. The van der Waals surface area contributed by atoms with Gasteiger partial charge in [0.1, 0.15) is 0 Å². The zero-order valence-electron chi connectivity index (χ0n) is 10.3. The van der Waals surface area contributed by atoms with Crippen molar-refractivity contribution >= 4 is 23.6 Å². The standard InChI is InChI=1S/C11H19NO4S/c1-3-12-10(13)8-9(11(12)14)17-7-6-16-5-4-15-2/h9H,3-8H2,1-2H3. The third-order valence-electron chi connectivity index (χ3n) is 2.50. The molecule has 0 N–H and O–H groups in total. The molecule has 0 spiro atoms. The monoisotopic (exact) mass is 261 g/mol. The van der Waals surface area contributed by atoms with Crippen molar-refractivity contribution in [3.05, 3.63) is 0 Å². The molecule has 0 radical (unpaired) electrons. The largest absolute Gasteiger partial charge is 0.382 e. The first-order chi connectivity index (χ1) is 8.20. The molecule has 1 atom stereocenters. The van der Waals surface area contributed by atoms with Crippen LogP contribution in [0.15, 0.2) is 0 Å². The zero-order valence-corrected chi connectivity index (χ0v) is 11.1. The van der Waals surface area contributed by atoms with Gasteiger partial charge in [-0.25, -0.2) is 0 Å².